The summed E-state index contributed by atoms with van der Waals surface area (Å²) in [6, 6.07) is 4.43. The van der Waals surface area contributed by atoms with Crippen LogP contribution in [0.4, 0.5) is 9.18 Å². The Labute approximate surface area is 207 Å². The van der Waals surface area contributed by atoms with Crippen LogP contribution in [0.1, 0.15) is 50.0 Å². The Morgan fingerprint density at radius 2 is 1.97 bits per heavy atom. The molecule has 2 saturated heterocycles. The Hall–Kier alpha value is -2.20. The van der Waals surface area contributed by atoms with Gasteiger partial charge in [0.1, 0.15) is 6.54 Å². The summed E-state index contributed by atoms with van der Waals surface area (Å²) in [5.74, 6) is 0.0727. The van der Waals surface area contributed by atoms with Gasteiger partial charge in [0.2, 0.25) is 5.91 Å². The number of imide groups is 1. The molecule has 3 amide bonds. The van der Waals surface area contributed by atoms with Gasteiger partial charge in [-0.25, -0.2) is 17.6 Å². The molecule has 3 aliphatic rings. The first-order valence-corrected chi connectivity index (χ1v) is 14.4. The maximum absolute atomic E-state index is 14.4. The van der Waals surface area contributed by atoms with Crippen molar-refractivity contribution in [1.29, 1.82) is 0 Å². The topological polar surface area (TPSA) is 96.0 Å². The minimum atomic E-state index is -3.34. The molecular weight excluding hydrogens is 473 g/mol. The highest BCUT2D eigenvalue weighted by atomic mass is 32.2. The summed E-state index contributed by atoms with van der Waals surface area (Å²) in [5.41, 5.74) is 0.825. The summed E-state index contributed by atoms with van der Waals surface area (Å²) < 4.78 is 46.3. The SMILES string of the molecule is CN1CCC([C@@H](CS(=O)(=O)CCCCCN2CC(=O)NC2=O)c2ccc(F)c(OCC3CC3)c2)C1. The summed E-state index contributed by atoms with van der Waals surface area (Å²) in [7, 11) is -1.31. The Balaban J connectivity index is 1.35. The van der Waals surface area contributed by atoms with Gasteiger partial charge in [-0.2, -0.15) is 0 Å². The van der Waals surface area contributed by atoms with Gasteiger partial charge >= 0.3 is 6.03 Å². The van der Waals surface area contributed by atoms with Crippen molar-refractivity contribution in [2.45, 2.75) is 44.4 Å². The van der Waals surface area contributed by atoms with Crippen molar-refractivity contribution in [3.8, 4) is 5.75 Å². The summed E-state index contributed by atoms with van der Waals surface area (Å²) in [4.78, 5) is 26.5. The van der Waals surface area contributed by atoms with E-state index in [1.54, 1.807) is 12.1 Å². The van der Waals surface area contributed by atoms with Crippen LogP contribution in [0.3, 0.4) is 0 Å². The van der Waals surface area contributed by atoms with Gasteiger partial charge in [-0.3, -0.25) is 10.1 Å². The number of halogens is 1. The number of sulfone groups is 1. The molecule has 1 aromatic carbocycles. The van der Waals surface area contributed by atoms with Gasteiger partial charge in [0.25, 0.3) is 0 Å². The minimum absolute atomic E-state index is 0.0300. The van der Waals surface area contributed by atoms with Crippen LogP contribution in [-0.4, -0.2) is 81.5 Å². The maximum atomic E-state index is 14.4. The van der Waals surface area contributed by atoms with E-state index < -0.39 is 15.7 Å². The fraction of sp³-hybridized carbons (Fsp3) is 0.680. The van der Waals surface area contributed by atoms with E-state index in [4.69, 9.17) is 4.74 Å². The predicted molar refractivity (Wildman–Crippen MR) is 131 cm³/mol. The molecule has 1 saturated carbocycles. The highest BCUT2D eigenvalue weighted by Gasteiger charge is 2.33. The number of nitrogens with zero attached hydrogens (tertiary/aromatic N) is 2. The molecule has 2 atom stereocenters. The van der Waals surface area contributed by atoms with Gasteiger partial charge in [-0.15, -0.1) is 0 Å². The molecule has 0 aromatic heterocycles. The Kier molecular flexibility index (Phi) is 8.31. The van der Waals surface area contributed by atoms with Crippen molar-refractivity contribution in [3.05, 3.63) is 29.6 Å². The number of unbranched alkanes of at least 4 members (excludes halogenated alkanes) is 2. The van der Waals surface area contributed by atoms with E-state index >= 15 is 0 Å². The number of benzene rings is 1. The maximum Gasteiger partial charge on any atom is 0.324 e. The predicted octanol–water partition coefficient (Wildman–Crippen LogP) is 2.79. The second kappa shape index (κ2) is 11.2. The molecule has 10 heteroatoms. The Morgan fingerprint density at radius 3 is 2.63 bits per heavy atom. The van der Waals surface area contributed by atoms with Crippen LogP contribution in [0.15, 0.2) is 18.2 Å². The smallest absolute Gasteiger partial charge is 0.324 e. The number of nitrogens with one attached hydrogen (secondary N) is 1. The van der Waals surface area contributed by atoms with Crippen molar-refractivity contribution >= 4 is 21.8 Å². The molecular formula is C25H36FN3O5S. The lowest BCUT2D eigenvalue weighted by Gasteiger charge is -2.25. The van der Waals surface area contributed by atoms with Gasteiger partial charge in [0.05, 0.1) is 18.1 Å². The van der Waals surface area contributed by atoms with Crippen LogP contribution in [0, 0.1) is 17.7 Å². The van der Waals surface area contributed by atoms with Crippen molar-refractivity contribution in [2.24, 2.45) is 11.8 Å². The zero-order valence-electron chi connectivity index (χ0n) is 20.4. The second-order valence-electron chi connectivity index (χ2n) is 10.3. The Bertz CT molecular complexity index is 1030. The molecule has 2 aliphatic heterocycles. The van der Waals surface area contributed by atoms with Crippen LogP contribution in [0.25, 0.3) is 0 Å². The number of hydrogen-bond acceptors (Lipinski definition) is 6. The van der Waals surface area contributed by atoms with Gasteiger partial charge in [0, 0.05) is 19.0 Å². The van der Waals surface area contributed by atoms with Gasteiger partial charge in [0.15, 0.2) is 21.4 Å². The number of likely N-dealkylation sites (tertiary alicyclic amines) is 1. The third-order valence-electron chi connectivity index (χ3n) is 7.24. The molecule has 0 radical (unpaired) electrons. The molecule has 1 aliphatic carbocycles. The van der Waals surface area contributed by atoms with Crippen molar-refractivity contribution in [1.82, 2.24) is 15.1 Å². The van der Waals surface area contributed by atoms with Crippen molar-refractivity contribution < 1.29 is 27.1 Å². The average Bonchev–Trinajstić information content (AvgIpc) is 3.44. The summed E-state index contributed by atoms with van der Waals surface area (Å²) in [5, 5.41) is 2.24. The molecule has 194 valence electrons. The highest BCUT2D eigenvalue weighted by molar-refractivity contribution is 7.91. The fourth-order valence-corrected chi connectivity index (χ4v) is 6.80. The van der Waals surface area contributed by atoms with E-state index in [9.17, 15) is 22.4 Å². The lowest BCUT2D eigenvalue weighted by atomic mass is 9.86. The first-order chi connectivity index (χ1) is 16.7. The first-order valence-electron chi connectivity index (χ1n) is 12.6. The van der Waals surface area contributed by atoms with Gasteiger partial charge < -0.3 is 14.5 Å². The molecule has 0 spiro atoms. The number of urea groups is 1. The molecule has 4 rings (SSSR count). The van der Waals surface area contributed by atoms with Crippen LogP contribution < -0.4 is 10.1 Å². The van der Waals surface area contributed by atoms with Crippen LogP contribution >= 0.6 is 0 Å². The molecule has 1 N–H and O–H groups in total. The van der Waals surface area contributed by atoms with E-state index in [-0.39, 0.29) is 47.6 Å². The van der Waals surface area contributed by atoms with Crippen LogP contribution in [0.5, 0.6) is 5.75 Å². The second-order valence-corrected chi connectivity index (χ2v) is 12.5. The molecule has 3 fully saturated rings. The molecule has 0 bridgehead atoms. The zero-order valence-corrected chi connectivity index (χ0v) is 21.2. The summed E-state index contributed by atoms with van der Waals surface area (Å²) in [6.45, 7) is 2.74. The van der Waals surface area contributed by atoms with E-state index in [1.165, 1.54) is 11.0 Å². The van der Waals surface area contributed by atoms with Crippen LogP contribution in [-0.2, 0) is 14.6 Å². The van der Waals surface area contributed by atoms with Crippen molar-refractivity contribution in [2.75, 3.05) is 51.3 Å². The molecule has 1 unspecified atom stereocenters. The number of rotatable bonds is 13. The number of amides is 3. The fourth-order valence-electron chi connectivity index (χ4n) is 4.98. The number of carbonyl (C=O) groups excluding carboxylic acids is 2. The van der Waals surface area contributed by atoms with E-state index in [0.717, 1.165) is 37.9 Å². The minimum Gasteiger partial charge on any atom is -0.490 e. The van der Waals surface area contributed by atoms with Crippen molar-refractivity contribution in [3.63, 3.8) is 0 Å². The lowest BCUT2D eigenvalue weighted by molar-refractivity contribution is -0.118. The number of ether oxygens (including phenoxy) is 1. The first kappa shape index (κ1) is 25.9. The largest absolute Gasteiger partial charge is 0.490 e. The van der Waals surface area contributed by atoms with E-state index in [1.807, 2.05) is 7.05 Å². The quantitative estimate of drug-likeness (QED) is 0.325. The number of carbonyl (C=O) groups is 2. The molecule has 2 heterocycles. The zero-order chi connectivity index (χ0) is 25.0. The lowest BCUT2D eigenvalue weighted by Crippen LogP contribution is -2.29. The third-order valence-corrected chi connectivity index (χ3v) is 9.01. The standard InChI is InChI=1S/C25H36FN3O5S/c1-28-11-9-20(14-28)21(19-7-8-22(26)23(13-19)34-16-18-5-6-18)17-35(32,33)12-4-2-3-10-29-15-24(30)27-25(29)31/h7-8,13,18,20-21H,2-6,9-12,14-17H2,1H3,(H,27,30,31)/t20?,21-/m0/s1. The number of hydrogen-bond donors (Lipinski definition) is 1. The highest BCUT2D eigenvalue weighted by Crippen LogP contribution is 2.36. The van der Waals surface area contributed by atoms with E-state index in [2.05, 4.69) is 10.2 Å². The third kappa shape index (κ3) is 7.39. The average molecular weight is 510 g/mol. The normalized spacial score (nSPS) is 22.0. The molecule has 1 aromatic rings. The van der Waals surface area contributed by atoms with Gasteiger partial charge in [-0.05, 0) is 75.2 Å². The van der Waals surface area contributed by atoms with E-state index in [0.29, 0.717) is 38.3 Å². The Morgan fingerprint density at radius 1 is 1.17 bits per heavy atom. The van der Waals surface area contributed by atoms with Gasteiger partial charge in [-0.1, -0.05) is 12.5 Å². The summed E-state index contributed by atoms with van der Waals surface area (Å²) >= 11 is 0. The molecule has 35 heavy (non-hydrogen) atoms. The van der Waals surface area contributed by atoms with Crippen LogP contribution in [0.2, 0.25) is 0 Å². The molecule has 8 nitrogen and oxygen atoms in total. The summed E-state index contributed by atoms with van der Waals surface area (Å²) in [6.07, 6.45) is 4.93. The monoisotopic (exact) mass is 509 g/mol.